The molecule has 0 aromatic rings. The number of hydrazone groups is 1. The molecule has 3 atom stereocenters. The first-order chi connectivity index (χ1) is 7.50. The van der Waals surface area contributed by atoms with Crippen molar-refractivity contribution in [1.82, 2.24) is 5.43 Å². The molecule has 1 aliphatic carbocycles. The fraction of sp³-hybridized carbons (Fsp3) is 0.800. The summed E-state index contributed by atoms with van der Waals surface area (Å²) in [4.78, 5) is 0. The maximum atomic E-state index is 5.80. The Hall–Kier alpha value is 0.01000. The molecule has 16 heavy (non-hydrogen) atoms. The monoisotopic (exact) mass is 275 g/mol. The SMILES string of the molecule is CP1(=S)CC(=NNC(N)=S)C2CCCCC21. The van der Waals surface area contributed by atoms with Crippen LogP contribution in [0, 0.1) is 5.92 Å². The van der Waals surface area contributed by atoms with E-state index in [1.54, 1.807) is 0 Å². The van der Waals surface area contributed by atoms with Crippen LogP contribution in [0.1, 0.15) is 25.7 Å². The molecule has 0 aromatic heterocycles. The molecule has 90 valence electrons. The van der Waals surface area contributed by atoms with E-state index in [0.717, 1.165) is 11.8 Å². The first-order valence-corrected chi connectivity index (χ1v) is 9.60. The van der Waals surface area contributed by atoms with E-state index in [9.17, 15) is 0 Å². The van der Waals surface area contributed by atoms with E-state index in [2.05, 4.69) is 17.2 Å². The second-order valence-electron chi connectivity index (χ2n) is 4.87. The molecule has 2 rings (SSSR count). The molecule has 1 aliphatic heterocycles. The Morgan fingerprint density at radius 1 is 1.50 bits per heavy atom. The molecule has 2 fully saturated rings. The van der Waals surface area contributed by atoms with Gasteiger partial charge in [0.05, 0.1) is 0 Å². The Balaban J connectivity index is 2.19. The summed E-state index contributed by atoms with van der Waals surface area (Å²) in [6.07, 6.45) is 6.19. The van der Waals surface area contributed by atoms with Crippen LogP contribution >= 0.6 is 18.3 Å². The maximum absolute atomic E-state index is 5.80. The van der Waals surface area contributed by atoms with Gasteiger partial charge in [-0.05, 0) is 43.4 Å². The predicted molar refractivity (Wildman–Crippen MR) is 78.2 cm³/mol. The van der Waals surface area contributed by atoms with E-state index >= 15 is 0 Å². The zero-order valence-electron chi connectivity index (χ0n) is 9.48. The molecule has 0 aromatic carbocycles. The minimum Gasteiger partial charge on any atom is -0.375 e. The molecule has 2 aliphatic rings. The fourth-order valence-electron chi connectivity index (χ4n) is 2.96. The lowest BCUT2D eigenvalue weighted by atomic mass is 9.86. The fourth-order valence-corrected chi connectivity index (χ4v) is 7.15. The molecular formula is C10H18N3PS2. The van der Waals surface area contributed by atoms with Gasteiger partial charge in [0, 0.05) is 17.8 Å². The number of fused-ring (bicyclic) bond motifs is 1. The third kappa shape index (κ3) is 2.47. The smallest absolute Gasteiger partial charge is 0.184 e. The molecule has 6 heteroatoms. The first kappa shape index (κ1) is 12.5. The zero-order valence-corrected chi connectivity index (χ0v) is 12.0. The Bertz CT molecular complexity index is 380. The summed E-state index contributed by atoms with van der Waals surface area (Å²) in [7, 11) is 0. The van der Waals surface area contributed by atoms with Gasteiger partial charge in [-0.15, -0.1) is 0 Å². The van der Waals surface area contributed by atoms with Gasteiger partial charge in [-0.3, -0.25) is 5.43 Å². The molecule has 0 radical (unpaired) electrons. The molecule has 3 nitrogen and oxygen atoms in total. The van der Waals surface area contributed by atoms with Crippen molar-refractivity contribution >= 4 is 40.9 Å². The van der Waals surface area contributed by atoms with Crippen LogP contribution in [0.5, 0.6) is 0 Å². The summed E-state index contributed by atoms with van der Waals surface area (Å²) in [6, 6.07) is -1.21. The number of nitrogens with zero attached hydrogens (tertiary/aromatic N) is 1. The van der Waals surface area contributed by atoms with Crippen LogP contribution < -0.4 is 11.2 Å². The Kier molecular flexibility index (Phi) is 3.67. The second kappa shape index (κ2) is 4.71. The maximum Gasteiger partial charge on any atom is 0.184 e. The third-order valence-corrected chi connectivity index (χ3v) is 7.91. The van der Waals surface area contributed by atoms with Crippen LogP contribution in [0.25, 0.3) is 0 Å². The van der Waals surface area contributed by atoms with Gasteiger partial charge in [-0.25, -0.2) is 0 Å². The van der Waals surface area contributed by atoms with Crippen LogP contribution in [0.3, 0.4) is 0 Å². The summed E-state index contributed by atoms with van der Waals surface area (Å²) < 4.78 is 0. The molecule has 3 unspecified atom stereocenters. The van der Waals surface area contributed by atoms with Crippen LogP contribution in [0.15, 0.2) is 5.10 Å². The van der Waals surface area contributed by atoms with E-state index in [4.69, 9.17) is 29.8 Å². The summed E-state index contributed by atoms with van der Waals surface area (Å²) in [5.74, 6) is 0.603. The van der Waals surface area contributed by atoms with Gasteiger partial charge in [0.25, 0.3) is 0 Å². The van der Waals surface area contributed by atoms with Crippen molar-refractivity contribution in [2.24, 2.45) is 16.8 Å². The lowest BCUT2D eigenvalue weighted by Crippen LogP contribution is -2.29. The van der Waals surface area contributed by atoms with E-state index in [-0.39, 0.29) is 5.11 Å². The zero-order chi connectivity index (χ0) is 11.8. The van der Waals surface area contributed by atoms with E-state index in [1.165, 1.54) is 31.4 Å². The topological polar surface area (TPSA) is 50.4 Å². The molecule has 3 N–H and O–H groups in total. The lowest BCUT2D eigenvalue weighted by Gasteiger charge is -2.28. The van der Waals surface area contributed by atoms with Crippen molar-refractivity contribution in [1.29, 1.82) is 0 Å². The van der Waals surface area contributed by atoms with Gasteiger partial charge in [-0.2, -0.15) is 5.10 Å². The van der Waals surface area contributed by atoms with Crippen molar-refractivity contribution in [3.8, 4) is 0 Å². The predicted octanol–water partition coefficient (Wildman–Crippen LogP) is 1.86. The van der Waals surface area contributed by atoms with Gasteiger partial charge >= 0.3 is 0 Å². The average Bonchev–Trinajstić information content (AvgIpc) is 2.49. The summed E-state index contributed by atoms with van der Waals surface area (Å²) in [6.45, 7) is 2.29. The highest BCUT2D eigenvalue weighted by molar-refractivity contribution is 8.15. The first-order valence-electron chi connectivity index (χ1n) is 5.69. The Labute approximate surface area is 107 Å². The lowest BCUT2D eigenvalue weighted by molar-refractivity contribution is 0.453. The molecule has 0 amide bonds. The van der Waals surface area contributed by atoms with Gasteiger partial charge < -0.3 is 5.73 Å². The molecule has 1 saturated carbocycles. The quantitative estimate of drug-likeness (QED) is 0.436. The van der Waals surface area contributed by atoms with Gasteiger partial charge in [-0.1, -0.05) is 24.6 Å². The Morgan fingerprint density at radius 2 is 2.19 bits per heavy atom. The Morgan fingerprint density at radius 3 is 2.88 bits per heavy atom. The number of nitrogens with one attached hydrogen (secondary N) is 1. The number of rotatable bonds is 1. The number of nitrogens with two attached hydrogens (primary N) is 1. The van der Waals surface area contributed by atoms with Crippen LogP contribution in [0.2, 0.25) is 0 Å². The summed E-state index contributed by atoms with van der Waals surface area (Å²) in [5.41, 5.74) is 10.1. The molecule has 0 spiro atoms. The van der Waals surface area contributed by atoms with Crippen molar-refractivity contribution in [3.05, 3.63) is 0 Å². The summed E-state index contributed by atoms with van der Waals surface area (Å²) in [5, 5.41) is 4.61. The van der Waals surface area contributed by atoms with Crippen LogP contribution in [0.4, 0.5) is 0 Å². The van der Waals surface area contributed by atoms with E-state index in [1.807, 2.05) is 0 Å². The largest absolute Gasteiger partial charge is 0.375 e. The third-order valence-electron chi connectivity index (χ3n) is 3.64. The number of hydrogen-bond acceptors (Lipinski definition) is 3. The normalized spacial score (nSPS) is 40.7. The number of thiocarbonyl (C=S) groups is 1. The van der Waals surface area contributed by atoms with Crippen LogP contribution in [-0.2, 0) is 11.8 Å². The summed E-state index contributed by atoms with van der Waals surface area (Å²) >= 11 is 10.6. The van der Waals surface area contributed by atoms with E-state index < -0.39 is 6.04 Å². The van der Waals surface area contributed by atoms with Gasteiger partial charge in [0.1, 0.15) is 0 Å². The minimum atomic E-state index is -1.21. The van der Waals surface area contributed by atoms with Gasteiger partial charge in [0.15, 0.2) is 5.11 Å². The highest BCUT2D eigenvalue weighted by Gasteiger charge is 2.43. The van der Waals surface area contributed by atoms with Gasteiger partial charge in [0.2, 0.25) is 0 Å². The van der Waals surface area contributed by atoms with Crippen molar-refractivity contribution in [3.63, 3.8) is 0 Å². The second-order valence-corrected chi connectivity index (χ2v) is 11.1. The molecule has 1 saturated heterocycles. The van der Waals surface area contributed by atoms with E-state index in [0.29, 0.717) is 5.92 Å². The highest BCUT2D eigenvalue weighted by atomic mass is 32.4. The van der Waals surface area contributed by atoms with Crippen molar-refractivity contribution in [2.45, 2.75) is 31.3 Å². The van der Waals surface area contributed by atoms with Crippen molar-refractivity contribution in [2.75, 3.05) is 12.8 Å². The molecule has 1 heterocycles. The van der Waals surface area contributed by atoms with Crippen molar-refractivity contribution < 1.29 is 0 Å². The molecule has 0 bridgehead atoms. The average molecular weight is 275 g/mol. The highest BCUT2D eigenvalue weighted by Crippen LogP contribution is 2.60. The number of hydrogen-bond donors (Lipinski definition) is 2. The van der Waals surface area contributed by atoms with Crippen LogP contribution in [-0.4, -0.2) is 29.3 Å². The standard InChI is InChI=1S/C10H18N3PS2/c1-14(16)6-8(12-13-10(11)15)7-4-2-3-5-9(7)14/h7,9H,2-6H2,1H3,(H3,11,13,15). The molecular weight excluding hydrogens is 257 g/mol. The minimum absolute atomic E-state index is 0.246.